The number of rotatable bonds is 5. The smallest absolute Gasteiger partial charge is 0.258 e. The monoisotopic (exact) mass is 438 g/mol. The molecule has 164 valence electrons. The molecule has 0 atom stereocenters. The molecule has 0 saturated heterocycles. The van der Waals surface area contributed by atoms with Gasteiger partial charge in [-0.2, -0.15) is 5.10 Å². The highest BCUT2D eigenvalue weighted by atomic mass is 16.5. The van der Waals surface area contributed by atoms with E-state index in [0.717, 1.165) is 22.5 Å². The Morgan fingerprint density at radius 1 is 1.00 bits per heavy atom. The van der Waals surface area contributed by atoms with Gasteiger partial charge in [0.05, 0.1) is 22.9 Å². The van der Waals surface area contributed by atoms with Gasteiger partial charge in [-0.05, 0) is 61.5 Å². The second kappa shape index (κ2) is 8.27. The highest BCUT2D eigenvalue weighted by Gasteiger charge is 2.23. The molecular formula is C26H22N4O3. The minimum atomic E-state index is -0.164. The number of furan rings is 1. The number of pyridine rings is 1. The van der Waals surface area contributed by atoms with Crippen LogP contribution in [0.3, 0.4) is 0 Å². The Morgan fingerprint density at radius 2 is 1.73 bits per heavy atom. The molecule has 1 amide bonds. The summed E-state index contributed by atoms with van der Waals surface area (Å²) in [6.07, 6.45) is 1.59. The summed E-state index contributed by atoms with van der Waals surface area (Å²) in [7, 11) is 3.57. The second-order valence-corrected chi connectivity index (χ2v) is 7.71. The summed E-state index contributed by atoms with van der Waals surface area (Å²) in [4.78, 5) is 19.9. The molecular weight excluding hydrogens is 416 g/mol. The van der Waals surface area contributed by atoms with Crippen LogP contribution in [0.15, 0.2) is 83.5 Å². The van der Waals surface area contributed by atoms with Crippen molar-refractivity contribution < 1.29 is 13.9 Å². The number of benzene rings is 2. The van der Waals surface area contributed by atoms with Gasteiger partial charge >= 0.3 is 0 Å². The van der Waals surface area contributed by atoms with Gasteiger partial charge in [0.2, 0.25) is 0 Å². The van der Waals surface area contributed by atoms with Gasteiger partial charge in [0, 0.05) is 19.8 Å². The van der Waals surface area contributed by atoms with Crippen LogP contribution in [0.1, 0.15) is 16.1 Å². The van der Waals surface area contributed by atoms with E-state index in [2.05, 4.69) is 10.1 Å². The number of amides is 1. The minimum absolute atomic E-state index is 0.164. The number of carbonyl (C=O) groups excluding carboxylic acids is 1. The van der Waals surface area contributed by atoms with Gasteiger partial charge in [0.25, 0.3) is 5.91 Å². The summed E-state index contributed by atoms with van der Waals surface area (Å²) in [6, 6.07) is 22.4. The van der Waals surface area contributed by atoms with E-state index >= 15 is 0 Å². The molecule has 7 heteroatoms. The molecule has 7 nitrogen and oxygen atoms in total. The molecule has 5 aromatic rings. The average molecular weight is 438 g/mol. The lowest BCUT2D eigenvalue weighted by Crippen LogP contribution is -2.26. The molecule has 33 heavy (non-hydrogen) atoms. The number of nitrogens with zero attached hydrogens (tertiary/aromatic N) is 4. The summed E-state index contributed by atoms with van der Waals surface area (Å²) in [5.41, 5.74) is 3.22. The highest BCUT2D eigenvalue weighted by molar-refractivity contribution is 6.14. The molecule has 3 aromatic heterocycles. The first-order valence-electron chi connectivity index (χ1n) is 10.5. The maximum atomic E-state index is 13.6. The molecule has 0 saturated carbocycles. The van der Waals surface area contributed by atoms with Gasteiger partial charge in [-0.1, -0.05) is 18.2 Å². The lowest BCUT2D eigenvalue weighted by atomic mass is 10.1. The van der Waals surface area contributed by atoms with Crippen molar-refractivity contribution in [2.24, 2.45) is 7.05 Å². The largest absolute Gasteiger partial charge is 0.463 e. The molecule has 0 aliphatic carbocycles. The minimum Gasteiger partial charge on any atom is -0.463 e. The Kier molecular flexibility index (Phi) is 5.14. The second-order valence-electron chi connectivity index (χ2n) is 7.71. The molecule has 0 radical (unpaired) electrons. The predicted octanol–water partition coefficient (Wildman–Crippen LogP) is 5.61. The number of hydrogen-bond donors (Lipinski definition) is 0. The van der Waals surface area contributed by atoms with E-state index in [1.165, 1.54) is 0 Å². The number of anilines is 1. The number of ether oxygens (including phenoxy) is 1. The first kappa shape index (κ1) is 20.5. The Hall–Kier alpha value is -4.39. The fraction of sp³-hybridized carbons (Fsp3) is 0.115. The van der Waals surface area contributed by atoms with E-state index in [4.69, 9.17) is 9.15 Å². The lowest BCUT2D eigenvalue weighted by Gasteiger charge is -2.19. The van der Waals surface area contributed by atoms with Crippen molar-refractivity contribution in [3.8, 4) is 23.0 Å². The van der Waals surface area contributed by atoms with Crippen LogP contribution in [-0.2, 0) is 7.05 Å². The van der Waals surface area contributed by atoms with Crippen LogP contribution in [0, 0.1) is 6.92 Å². The van der Waals surface area contributed by atoms with Crippen molar-refractivity contribution in [2.75, 3.05) is 11.9 Å². The van der Waals surface area contributed by atoms with Crippen molar-refractivity contribution in [3.63, 3.8) is 0 Å². The van der Waals surface area contributed by atoms with Crippen LogP contribution in [0.5, 0.6) is 11.5 Å². The molecule has 0 aliphatic heterocycles. The van der Waals surface area contributed by atoms with E-state index in [-0.39, 0.29) is 5.91 Å². The lowest BCUT2D eigenvalue weighted by molar-refractivity contribution is 0.0994. The summed E-state index contributed by atoms with van der Waals surface area (Å²) in [6.45, 7) is 1.88. The molecule has 0 bridgehead atoms. The summed E-state index contributed by atoms with van der Waals surface area (Å²) in [5, 5.41) is 5.21. The molecule has 0 fully saturated rings. The molecule has 0 N–H and O–H groups in total. The quantitative estimate of drug-likeness (QED) is 0.357. The zero-order valence-electron chi connectivity index (χ0n) is 18.5. The zero-order chi connectivity index (χ0) is 22.9. The van der Waals surface area contributed by atoms with E-state index in [0.29, 0.717) is 28.4 Å². The third-order valence-corrected chi connectivity index (χ3v) is 5.48. The van der Waals surface area contributed by atoms with Crippen molar-refractivity contribution in [1.29, 1.82) is 0 Å². The topological polar surface area (TPSA) is 73.4 Å². The van der Waals surface area contributed by atoms with E-state index in [1.54, 1.807) is 35.0 Å². The maximum Gasteiger partial charge on any atom is 0.258 e. The van der Waals surface area contributed by atoms with Gasteiger partial charge in [0.1, 0.15) is 17.2 Å². The van der Waals surface area contributed by atoms with E-state index in [1.807, 2.05) is 74.6 Å². The fourth-order valence-corrected chi connectivity index (χ4v) is 3.82. The summed E-state index contributed by atoms with van der Waals surface area (Å²) in [5.74, 6) is 1.88. The van der Waals surface area contributed by atoms with Crippen molar-refractivity contribution >= 4 is 22.6 Å². The van der Waals surface area contributed by atoms with Crippen LogP contribution in [0.4, 0.5) is 5.69 Å². The first-order valence-corrected chi connectivity index (χ1v) is 10.5. The maximum absolute atomic E-state index is 13.6. The van der Waals surface area contributed by atoms with Crippen LogP contribution in [-0.4, -0.2) is 27.7 Å². The van der Waals surface area contributed by atoms with Crippen molar-refractivity contribution in [1.82, 2.24) is 14.8 Å². The number of hydrogen-bond acceptors (Lipinski definition) is 5. The van der Waals surface area contributed by atoms with Gasteiger partial charge < -0.3 is 14.1 Å². The Labute approximate surface area is 190 Å². The van der Waals surface area contributed by atoms with Crippen molar-refractivity contribution in [2.45, 2.75) is 6.92 Å². The van der Waals surface area contributed by atoms with E-state index in [9.17, 15) is 4.79 Å². The standard InChI is InChI=1S/C26H22N4O3/c1-17-24-21(16-22(23-10-7-15-32-23)27-25(24)30(3)28-17)26(31)29(2)18-11-13-20(14-12-18)33-19-8-5-4-6-9-19/h4-16H,1-3H3. The molecule has 0 spiro atoms. The van der Waals surface area contributed by atoms with Crippen LogP contribution in [0.2, 0.25) is 0 Å². The van der Waals surface area contributed by atoms with Crippen LogP contribution >= 0.6 is 0 Å². The normalized spacial score (nSPS) is 11.0. The highest BCUT2D eigenvalue weighted by Crippen LogP contribution is 2.30. The molecule has 2 aromatic carbocycles. The molecule has 3 heterocycles. The SMILES string of the molecule is Cc1nn(C)c2nc(-c3ccco3)cc(C(=O)N(C)c3ccc(Oc4ccccc4)cc3)c12. The zero-order valence-corrected chi connectivity index (χ0v) is 18.5. The Morgan fingerprint density at radius 3 is 2.42 bits per heavy atom. The number of aromatic nitrogens is 3. The van der Waals surface area contributed by atoms with E-state index < -0.39 is 0 Å². The van der Waals surface area contributed by atoms with Crippen molar-refractivity contribution in [3.05, 3.63) is 90.3 Å². The van der Waals surface area contributed by atoms with Gasteiger partial charge in [-0.25, -0.2) is 4.98 Å². The average Bonchev–Trinajstić information content (AvgIpc) is 3.47. The van der Waals surface area contributed by atoms with Gasteiger partial charge in [-0.3, -0.25) is 9.48 Å². The number of aryl methyl sites for hydroxylation is 2. The number of para-hydroxylation sites is 1. The van der Waals surface area contributed by atoms with Crippen LogP contribution in [0.25, 0.3) is 22.5 Å². The molecule has 5 rings (SSSR count). The van der Waals surface area contributed by atoms with Crippen LogP contribution < -0.4 is 9.64 Å². The fourth-order valence-electron chi connectivity index (χ4n) is 3.82. The number of fused-ring (bicyclic) bond motifs is 1. The molecule has 0 unspecified atom stereocenters. The number of carbonyl (C=O) groups is 1. The molecule has 0 aliphatic rings. The van der Waals surface area contributed by atoms with Gasteiger partial charge in [0.15, 0.2) is 11.4 Å². The summed E-state index contributed by atoms with van der Waals surface area (Å²) >= 11 is 0. The first-order chi connectivity index (χ1) is 16.0. The third kappa shape index (κ3) is 3.85. The predicted molar refractivity (Wildman–Crippen MR) is 127 cm³/mol. The Bertz CT molecular complexity index is 1420. The summed E-state index contributed by atoms with van der Waals surface area (Å²) < 4.78 is 13.1. The third-order valence-electron chi connectivity index (χ3n) is 5.48. The van der Waals surface area contributed by atoms with Gasteiger partial charge in [-0.15, -0.1) is 0 Å². The Balaban J connectivity index is 1.49.